The summed E-state index contributed by atoms with van der Waals surface area (Å²) in [4.78, 5) is -0.0545. The molecule has 0 amide bonds. The third-order valence-corrected chi connectivity index (χ3v) is 5.54. The van der Waals surface area contributed by atoms with Crippen LogP contribution in [0.2, 0.25) is 5.02 Å². The van der Waals surface area contributed by atoms with Crippen molar-refractivity contribution in [3.8, 4) is 11.5 Å². The van der Waals surface area contributed by atoms with E-state index in [0.717, 1.165) is 31.6 Å². The Morgan fingerprint density at radius 1 is 0.905 bits per heavy atom. The number of benzene rings is 2. The van der Waals surface area contributed by atoms with Crippen LogP contribution in [0.15, 0.2) is 39.3 Å². The molecule has 0 aliphatic rings. The first kappa shape index (κ1) is 17.1. The number of hydrogen-bond donors (Lipinski definition) is 0. The van der Waals surface area contributed by atoms with Gasteiger partial charge in [0.1, 0.15) is 11.5 Å². The molecule has 112 valence electrons. The lowest BCUT2D eigenvalue weighted by Gasteiger charge is -2.18. The Kier molecular flexibility index (Phi) is 6.00. The van der Waals surface area contributed by atoms with Crippen LogP contribution >= 0.6 is 59.4 Å². The van der Waals surface area contributed by atoms with E-state index < -0.39 is 0 Å². The summed E-state index contributed by atoms with van der Waals surface area (Å²) < 4.78 is 12.6. The van der Waals surface area contributed by atoms with Gasteiger partial charge in [-0.05, 0) is 45.8 Å². The maximum absolute atomic E-state index is 6.00. The van der Waals surface area contributed by atoms with E-state index in [1.54, 1.807) is 14.2 Å². The van der Waals surface area contributed by atoms with Crippen molar-refractivity contribution in [2.75, 3.05) is 14.2 Å². The lowest BCUT2D eigenvalue weighted by molar-refractivity contribution is 0.397. The second-order valence-corrected chi connectivity index (χ2v) is 7.32. The second kappa shape index (κ2) is 7.36. The van der Waals surface area contributed by atoms with Crippen LogP contribution < -0.4 is 9.47 Å². The summed E-state index contributed by atoms with van der Waals surface area (Å²) >= 11 is 16.7. The summed E-state index contributed by atoms with van der Waals surface area (Å²) in [6.45, 7) is 0. The molecule has 6 heteroatoms. The van der Waals surface area contributed by atoms with Gasteiger partial charge in [-0.25, -0.2) is 0 Å². The molecule has 0 bridgehead atoms. The molecule has 0 aliphatic heterocycles. The van der Waals surface area contributed by atoms with Crippen molar-refractivity contribution in [2.45, 2.75) is 4.83 Å². The van der Waals surface area contributed by atoms with Gasteiger partial charge in [-0.2, -0.15) is 0 Å². The molecule has 1 unspecified atom stereocenters. The third-order valence-electron chi connectivity index (χ3n) is 3.01. The maximum atomic E-state index is 6.00. The highest BCUT2D eigenvalue weighted by Crippen LogP contribution is 2.43. The Bertz CT molecular complexity index is 662. The Labute approximate surface area is 154 Å². The Morgan fingerprint density at radius 2 is 1.57 bits per heavy atom. The van der Waals surface area contributed by atoms with E-state index in [9.17, 15) is 0 Å². The van der Waals surface area contributed by atoms with E-state index in [2.05, 4.69) is 47.8 Å². The largest absolute Gasteiger partial charge is 0.496 e. The van der Waals surface area contributed by atoms with E-state index >= 15 is 0 Å². The number of rotatable bonds is 4. The predicted octanol–water partition coefficient (Wildman–Crippen LogP) is 6.37. The topological polar surface area (TPSA) is 18.5 Å². The quantitative estimate of drug-likeness (QED) is 0.456. The SMILES string of the molecule is COc1cc(C(Br)c2ccc(Cl)cc2Br)c(OC)cc1Br. The molecule has 0 saturated heterocycles. The molecule has 21 heavy (non-hydrogen) atoms. The van der Waals surface area contributed by atoms with E-state index in [-0.39, 0.29) is 4.83 Å². The van der Waals surface area contributed by atoms with E-state index in [1.807, 2.05) is 30.3 Å². The normalized spacial score (nSPS) is 12.1. The third kappa shape index (κ3) is 3.76. The van der Waals surface area contributed by atoms with Crippen molar-refractivity contribution >= 4 is 59.4 Å². The highest BCUT2D eigenvalue weighted by atomic mass is 79.9. The molecular weight excluding hydrogens is 487 g/mol. The van der Waals surface area contributed by atoms with Crippen LogP contribution in [0.1, 0.15) is 16.0 Å². The van der Waals surface area contributed by atoms with Gasteiger partial charge in [0, 0.05) is 15.1 Å². The van der Waals surface area contributed by atoms with Gasteiger partial charge in [-0.3, -0.25) is 0 Å². The van der Waals surface area contributed by atoms with Gasteiger partial charge in [0.05, 0.1) is 23.5 Å². The van der Waals surface area contributed by atoms with Crippen LogP contribution in [0.25, 0.3) is 0 Å². The first-order chi connectivity index (χ1) is 9.97. The van der Waals surface area contributed by atoms with Crippen molar-refractivity contribution in [2.24, 2.45) is 0 Å². The molecule has 0 fully saturated rings. The van der Waals surface area contributed by atoms with Crippen LogP contribution in [0.4, 0.5) is 0 Å². The fourth-order valence-electron chi connectivity index (χ4n) is 1.96. The predicted molar refractivity (Wildman–Crippen MR) is 97.2 cm³/mol. The number of hydrogen-bond acceptors (Lipinski definition) is 2. The second-order valence-electron chi connectivity index (χ2n) is 4.26. The van der Waals surface area contributed by atoms with Gasteiger partial charge in [0.25, 0.3) is 0 Å². The van der Waals surface area contributed by atoms with Crippen molar-refractivity contribution in [1.82, 2.24) is 0 Å². The lowest BCUT2D eigenvalue weighted by atomic mass is 10.0. The van der Waals surface area contributed by atoms with Gasteiger partial charge < -0.3 is 9.47 Å². The van der Waals surface area contributed by atoms with Crippen LogP contribution in [-0.4, -0.2) is 14.2 Å². The zero-order valence-electron chi connectivity index (χ0n) is 11.3. The average molecular weight is 499 g/mol. The zero-order chi connectivity index (χ0) is 15.6. The number of ether oxygens (including phenoxy) is 2. The molecule has 0 N–H and O–H groups in total. The minimum Gasteiger partial charge on any atom is -0.496 e. The summed E-state index contributed by atoms with van der Waals surface area (Å²) in [7, 11) is 3.28. The van der Waals surface area contributed by atoms with E-state index in [4.69, 9.17) is 21.1 Å². The molecule has 2 aromatic carbocycles. The van der Waals surface area contributed by atoms with Gasteiger partial charge in [0.2, 0.25) is 0 Å². The standard InChI is InChI=1S/C15H12Br3ClO2/c1-20-13-7-12(17)14(21-2)6-10(13)15(18)9-4-3-8(19)5-11(9)16/h3-7,15H,1-2H3. The molecule has 1 atom stereocenters. The van der Waals surface area contributed by atoms with Crippen LogP contribution in [0.3, 0.4) is 0 Å². The highest BCUT2D eigenvalue weighted by molar-refractivity contribution is 9.11. The van der Waals surface area contributed by atoms with Crippen LogP contribution in [0, 0.1) is 0 Å². The van der Waals surface area contributed by atoms with Crippen molar-refractivity contribution < 1.29 is 9.47 Å². The maximum Gasteiger partial charge on any atom is 0.133 e. The number of halogens is 4. The molecule has 0 aliphatic carbocycles. The van der Waals surface area contributed by atoms with Gasteiger partial charge in [-0.15, -0.1) is 0 Å². The summed E-state index contributed by atoms with van der Waals surface area (Å²) in [5.41, 5.74) is 2.03. The van der Waals surface area contributed by atoms with Gasteiger partial charge in [0.15, 0.2) is 0 Å². The molecule has 0 spiro atoms. The van der Waals surface area contributed by atoms with Crippen LogP contribution in [0.5, 0.6) is 11.5 Å². The minimum atomic E-state index is -0.0545. The molecular formula is C15H12Br3ClO2. The molecule has 2 aromatic rings. The fourth-order valence-corrected chi connectivity index (χ4v) is 4.42. The molecule has 2 nitrogen and oxygen atoms in total. The van der Waals surface area contributed by atoms with Crippen molar-refractivity contribution in [1.29, 1.82) is 0 Å². The van der Waals surface area contributed by atoms with Gasteiger partial charge >= 0.3 is 0 Å². The Hall–Kier alpha value is -0.230. The highest BCUT2D eigenvalue weighted by Gasteiger charge is 2.20. The Balaban J connectivity index is 2.53. The fraction of sp³-hybridized carbons (Fsp3) is 0.200. The minimum absolute atomic E-state index is 0.0545. The first-order valence-corrected chi connectivity index (χ1v) is 8.86. The monoisotopic (exact) mass is 496 g/mol. The zero-order valence-corrected chi connectivity index (χ0v) is 16.8. The van der Waals surface area contributed by atoms with Crippen LogP contribution in [-0.2, 0) is 0 Å². The first-order valence-electron chi connectivity index (χ1n) is 5.98. The smallest absolute Gasteiger partial charge is 0.133 e. The number of alkyl halides is 1. The summed E-state index contributed by atoms with van der Waals surface area (Å²) in [5.74, 6) is 1.52. The summed E-state index contributed by atoms with van der Waals surface area (Å²) in [5, 5.41) is 0.686. The molecule has 0 saturated carbocycles. The van der Waals surface area contributed by atoms with E-state index in [1.165, 1.54) is 0 Å². The molecule has 2 rings (SSSR count). The van der Waals surface area contributed by atoms with E-state index in [0.29, 0.717) is 5.02 Å². The van der Waals surface area contributed by atoms with Crippen molar-refractivity contribution in [3.63, 3.8) is 0 Å². The molecule has 0 heterocycles. The lowest BCUT2D eigenvalue weighted by Crippen LogP contribution is -1.99. The molecule has 0 aromatic heterocycles. The average Bonchev–Trinajstić information content (AvgIpc) is 2.46. The summed E-state index contributed by atoms with van der Waals surface area (Å²) in [6, 6.07) is 9.54. The molecule has 0 radical (unpaired) electrons. The summed E-state index contributed by atoms with van der Waals surface area (Å²) in [6.07, 6.45) is 0. The van der Waals surface area contributed by atoms with Gasteiger partial charge in [-0.1, -0.05) is 49.5 Å². The van der Waals surface area contributed by atoms with Crippen molar-refractivity contribution in [3.05, 3.63) is 55.4 Å². The number of methoxy groups -OCH3 is 2. The Morgan fingerprint density at radius 3 is 2.14 bits per heavy atom.